The largest absolute Gasteiger partial charge is 0.508 e. The Morgan fingerprint density at radius 1 is 1.17 bits per heavy atom. The molecule has 0 bridgehead atoms. The highest BCUT2D eigenvalue weighted by molar-refractivity contribution is 9.10. The molecule has 0 amide bonds. The molecule has 2 N–H and O–H groups in total. The molecular formula is C18H16BrN3O. The lowest BCUT2D eigenvalue weighted by atomic mass is 10.0. The zero-order valence-corrected chi connectivity index (χ0v) is 14.4. The molecule has 2 aromatic carbocycles. The summed E-state index contributed by atoms with van der Waals surface area (Å²) < 4.78 is 2.87. The normalized spacial score (nSPS) is 15.7. The van der Waals surface area contributed by atoms with Crippen LogP contribution in [0.25, 0.3) is 11.3 Å². The SMILES string of the molecule is Cc1cc2n(n1)[C@H](c1cc(Br)ccc1O)Nc1c(C)cccc1-2. The number of aromatic nitrogens is 2. The summed E-state index contributed by atoms with van der Waals surface area (Å²) in [5.74, 6) is 0.252. The number of halogens is 1. The van der Waals surface area contributed by atoms with E-state index >= 15 is 0 Å². The monoisotopic (exact) mass is 369 g/mol. The lowest BCUT2D eigenvalue weighted by molar-refractivity contribution is 0.452. The molecule has 0 fully saturated rings. The number of aryl methyl sites for hydroxylation is 2. The van der Waals surface area contributed by atoms with Crippen molar-refractivity contribution >= 4 is 21.6 Å². The number of hydrogen-bond acceptors (Lipinski definition) is 3. The van der Waals surface area contributed by atoms with Gasteiger partial charge < -0.3 is 10.4 Å². The van der Waals surface area contributed by atoms with Crippen molar-refractivity contribution in [3.63, 3.8) is 0 Å². The van der Waals surface area contributed by atoms with Crippen LogP contribution in [0.2, 0.25) is 0 Å². The van der Waals surface area contributed by atoms with E-state index in [2.05, 4.69) is 57.5 Å². The van der Waals surface area contributed by atoms with E-state index in [4.69, 9.17) is 0 Å². The van der Waals surface area contributed by atoms with Crippen LogP contribution in [-0.2, 0) is 0 Å². The van der Waals surface area contributed by atoms with Crippen molar-refractivity contribution in [3.05, 3.63) is 63.8 Å². The van der Waals surface area contributed by atoms with Gasteiger partial charge in [0.15, 0.2) is 6.17 Å². The predicted octanol–water partition coefficient (Wildman–Crippen LogP) is 4.61. The van der Waals surface area contributed by atoms with Crippen molar-refractivity contribution in [1.29, 1.82) is 0 Å². The second kappa shape index (κ2) is 5.13. The Hall–Kier alpha value is -2.27. The predicted molar refractivity (Wildman–Crippen MR) is 94.7 cm³/mol. The maximum atomic E-state index is 10.3. The zero-order chi connectivity index (χ0) is 16.1. The van der Waals surface area contributed by atoms with E-state index in [1.54, 1.807) is 6.07 Å². The number of para-hydroxylation sites is 1. The topological polar surface area (TPSA) is 50.1 Å². The molecule has 1 atom stereocenters. The number of anilines is 1. The first-order valence-corrected chi connectivity index (χ1v) is 8.25. The Labute approximate surface area is 142 Å². The first-order chi connectivity index (χ1) is 11.0. The molecule has 4 rings (SSSR count). The van der Waals surface area contributed by atoms with Crippen LogP contribution in [0.4, 0.5) is 5.69 Å². The summed E-state index contributed by atoms with van der Waals surface area (Å²) in [6.07, 6.45) is -0.246. The van der Waals surface area contributed by atoms with Crippen LogP contribution in [0.5, 0.6) is 5.75 Å². The molecule has 23 heavy (non-hydrogen) atoms. The molecule has 4 nitrogen and oxygen atoms in total. The van der Waals surface area contributed by atoms with E-state index in [-0.39, 0.29) is 11.9 Å². The van der Waals surface area contributed by atoms with Crippen molar-refractivity contribution < 1.29 is 5.11 Å². The summed E-state index contributed by atoms with van der Waals surface area (Å²) in [6, 6.07) is 13.8. The van der Waals surface area contributed by atoms with Crippen molar-refractivity contribution in [2.45, 2.75) is 20.0 Å². The van der Waals surface area contributed by atoms with Crippen molar-refractivity contribution in [2.75, 3.05) is 5.32 Å². The van der Waals surface area contributed by atoms with Gasteiger partial charge in [-0.05, 0) is 43.7 Å². The van der Waals surface area contributed by atoms with Crippen LogP contribution in [0.3, 0.4) is 0 Å². The molecule has 0 unspecified atom stereocenters. The maximum absolute atomic E-state index is 10.3. The highest BCUT2D eigenvalue weighted by Gasteiger charge is 2.28. The molecule has 0 saturated heterocycles. The van der Waals surface area contributed by atoms with Crippen LogP contribution in [0.1, 0.15) is 23.0 Å². The third-order valence-corrected chi connectivity index (χ3v) is 4.71. The van der Waals surface area contributed by atoms with Gasteiger partial charge in [-0.15, -0.1) is 0 Å². The molecule has 3 aromatic rings. The third kappa shape index (κ3) is 2.23. The standard InChI is InChI=1S/C18H16BrN3O/c1-10-4-3-5-13-15-8-11(2)21-22(15)18(20-17(10)13)14-9-12(19)6-7-16(14)23/h3-9,18,20,23H,1-2H3/t18-/m1/s1. The van der Waals surface area contributed by atoms with Gasteiger partial charge in [0, 0.05) is 21.3 Å². The first kappa shape index (κ1) is 14.3. The van der Waals surface area contributed by atoms with Gasteiger partial charge in [0.25, 0.3) is 0 Å². The van der Waals surface area contributed by atoms with Gasteiger partial charge in [0.1, 0.15) is 5.75 Å². The summed E-state index contributed by atoms with van der Waals surface area (Å²) in [7, 11) is 0. The van der Waals surface area contributed by atoms with Gasteiger partial charge in [0.2, 0.25) is 0 Å². The second-order valence-corrected chi connectivity index (χ2v) is 6.78. The van der Waals surface area contributed by atoms with Crippen molar-refractivity contribution in [3.8, 4) is 17.0 Å². The van der Waals surface area contributed by atoms with Gasteiger partial charge in [-0.2, -0.15) is 5.10 Å². The molecule has 1 aliphatic rings. The molecule has 0 spiro atoms. The number of nitrogens with one attached hydrogen (secondary N) is 1. The summed E-state index contributed by atoms with van der Waals surface area (Å²) in [5, 5.41) is 18.5. The Morgan fingerprint density at radius 3 is 2.83 bits per heavy atom. The molecule has 5 heteroatoms. The van der Waals surface area contributed by atoms with Gasteiger partial charge >= 0.3 is 0 Å². The number of benzene rings is 2. The fourth-order valence-corrected chi connectivity index (χ4v) is 3.52. The number of phenols is 1. The van der Waals surface area contributed by atoms with E-state index in [1.165, 1.54) is 5.56 Å². The minimum absolute atomic E-state index is 0.246. The average molecular weight is 370 g/mol. The lowest BCUT2D eigenvalue weighted by Gasteiger charge is -2.30. The highest BCUT2D eigenvalue weighted by Crippen LogP contribution is 2.42. The average Bonchev–Trinajstić information content (AvgIpc) is 2.91. The van der Waals surface area contributed by atoms with Crippen LogP contribution >= 0.6 is 15.9 Å². The van der Waals surface area contributed by atoms with Crippen LogP contribution in [-0.4, -0.2) is 14.9 Å². The number of aromatic hydroxyl groups is 1. The second-order valence-electron chi connectivity index (χ2n) is 5.86. The molecule has 116 valence electrons. The van der Waals surface area contributed by atoms with Crippen LogP contribution in [0, 0.1) is 13.8 Å². The molecule has 0 aliphatic carbocycles. The molecular weight excluding hydrogens is 354 g/mol. The summed E-state index contributed by atoms with van der Waals surface area (Å²) in [5.41, 5.74) is 6.20. The Bertz CT molecular complexity index is 917. The van der Waals surface area contributed by atoms with E-state index in [0.29, 0.717) is 0 Å². The fraction of sp³-hybridized carbons (Fsp3) is 0.167. The van der Waals surface area contributed by atoms with Gasteiger partial charge in [0.05, 0.1) is 11.4 Å². The minimum Gasteiger partial charge on any atom is -0.508 e. The summed E-state index contributed by atoms with van der Waals surface area (Å²) in [4.78, 5) is 0. The molecule has 1 aliphatic heterocycles. The number of fused-ring (bicyclic) bond motifs is 3. The van der Waals surface area contributed by atoms with Gasteiger partial charge in [-0.25, -0.2) is 4.68 Å². The van der Waals surface area contributed by atoms with E-state index in [9.17, 15) is 5.11 Å². The molecule has 0 radical (unpaired) electrons. The fourth-order valence-electron chi connectivity index (χ4n) is 3.14. The highest BCUT2D eigenvalue weighted by atomic mass is 79.9. The number of hydrogen-bond donors (Lipinski definition) is 2. The van der Waals surface area contributed by atoms with Gasteiger partial charge in [-0.1, -0.05) is 34.1 Å². The number of phenolic OH excluding ortho intramolecular Hbond substituents is 1. The third-order valence-electron chi connectivity index (χ3n) is 4.22. The lowest BCUT2D eigenvalue weighted by Crippen LogP contribution is -2.26. The number of rotatable bonds is 1. The van der Waals surface area contributed by atoms with Crippen molar-refractivity contribution in [1.82, 2.24) is 9.78 Å². The number of nitrogens with zero attached hydrogens (tertiary/aromatic N) is 2. The minimum atomic E-state index is -0.246. The zero-order valence-electron chi connectivity index (χ0n) is 12.8. The molecule has 1 aromatic heterocycles. The Balaban J connectivity index is 1.97. The maximum Gasteiger partial charge on any atom is 0.150 e. The van der Waals surface area contributed by atoms with Crippen LogP contribution < -0.4 is 5.32 Å². The van der Waals surface area contributed by atoms with E-state index in [1.807, 2.05) is 23.7 Å². The molecule has 0 saturated carbocycles. The summed E-state index contributed by atoms with van der Waals surface area (Å²) in [6.45, 7) is 4.07. The van der Waals surface area contributed by atoms with Crippen LogP contribution in [0.15, 0.2) is 46.9 Å². The smallest absolute Gasteiger partial charge is 0.150 e. The first-order valence-electron chi connectivity index (χ1n) is 7.45. The molecule has 2 heterocycles. The summed E-state index contributed by atoms with van der Waals surface area (Å²) >= 11 is 3.49. The quantitative estimate of drug-likeness (QED) is 0.658. The van der Waals surface area contributed by atoms with E-state index < -0.39 is 0 Å². The Kier molecular flexibility index (Phi) is 3.20. The van der Waals surface area contributed by atoms with E-state index in [0.717, 1.165) is 32.7 Å². The van der Waals surface area contributed by atoms with Gasteiger partial charge in [-0.3, -0.25) is 0 Å². The van der Waals surface area contributed by atoms with Crippen molar-refractivity contribution in [2.24, 2.45) is 0 Å². The Morgan fingerprint density at radius 2 is 2.00 bits per heavy atom.